The quantitative estimate of drug-likeness (QED) is 0.356. The standard InChI is InChI=1S/C20H18FN3O2.C6H5Cl/c21-16-9-5-4-8-14(16)18-15(20(26)23-11-10-17(22)25)12-24-19(18)13-6-2-1-3-7-13;7-6-4-2-1-3-5-6/h1-9,12,24H,10-11H2,(H2,22,25)(H,23,26);1-5H. The monoisotopic (exact) mass is 463 g/mol. The van der Waals surface area contributed by atoms with Gasteiger partial charge in [-0.25, -0.2) is 4.39 Å². The first-order valence-electron chi connectivity index (χ1n) is 10.3. The Kier molecular flexibility index (Phi) is 8.38. The highest BCUT2D eigenvalue weighted by Crippen LogP contribution is 2.35. The maximum absolute atomic E-state index is 14.4. The summed E-state index contributed by atoms with van der Waals surface area (Å²) in [6.07, 6.45) is 1.58. The predicted octanol–water partition coefficient (Wildman–Crippen LogP) is 5.43. The van der Waals surface area contributed by atoms with E-state index in [0.29, 0.717) is 22.4 Å². The molecule has 0 bridgehead atoms. The summed E-state index contributed by atoms with van der Waals surface area (Å²) < 4.78 is 14.4. The molecular formula is C26H23ClFN3O2. The topological polar surface area (TPSA) is 88.0 Å². The van der Waals surface area contributed by atoms with Crippen LogP contribution in [-0.4, -0.2) is 23.3 Å². The fraction of sp³-hybridized carbons (Fsp3) is 0.0769. The van der Waals surface area contributed by atoms with Gasteiger partial charge in [0.15, 0.2) is 0 Å². The van der Waals surface area contributed by atoms with Crippen LogP contribution in [0.4, 0.5) is 4.39 Å². The average molecular weight is 464 g/mol. The van der Waals surface area contributed by atoms with Gasteiger partial charge in [0.2, 0.25) is 5.91 Å². The number of aromatic nitrogens is 1. The molecule has 0 radical (unpaired) electrons. The number of nitrogens with two attached hydrogens (primary N) is 1. The molecule has 0 spiro atoms. The lowest BCUT2D eigenvalue weighted by atomic mass is 9.97. The highest BCUT2D eigenvalue weighted by atomic mass is 35.5. The van der Waals surface area contributed by atoms with Crippen molar-refractivity contribution in [2.75, 3.05) is 6.54 Å². The Bertz CT molecular complexity index is 1210. The van der Waals surface area contributed by atoms with Gasteiger partial charge in [-0.15, -0.1) is 0 Å². The fourth-order valence-electron chi connectivity index (χ4n) is 3.19. The summed E-state index contributed by atoms with van der Waals surface area (Å²) in [4.78, 5) is 26.5. The van der Waals surface area contributed by atoms with Gasteiger partial charge in [0.25, 0.3) is 5.91 Å². The van der Waals surface area contributed by atoms with Crippen molar-refractivity contribution in [3.05, 3.63) is 108 Å². The van der Waals surface area contributed by atoms with Crippen LogP contribution in [0, 0.1) is 5.82 Å². The molecule has 4 aromatic rings. The fourth-order valence-corrected chi connectivity index (χ4v) is 3.33. The zero-order valence-electron chi connectivity index (χ0n) is 17.7. The number of halogens is 2. The van der Waals surface area contributed by atoms with Gasteiger partial charge in [-0.2, -0.15) is 0 Å². The highest BCUT2D eigenvalue weighted by Gasteiger charge is 2.21. The minimum atomic E-state index is -0.501. The van der Waals surface area contributed by atoms with Crippen molar-refractivity contribution in [3.63, 3.8) is 0 Å². The number of hydrogen-bond acceptors (Lipinski definition) is 2. The maximum atomic E-state index is 14.4. The van der Waals surface area contributed by atoms with E-state index in [1.807, 2.05) is 60.7 Å². The Morgan fingerprint density at radius 1 is 0.909 bits per heavy atom. The molecule has 0 saturated carbocycles. The predicted molar refractivity (Wildman–Crippen MR) is 129 cm³/mol. The van der Waals surface area contributed by atoms with E-state index in [-0.39, 0.29) is 13.0 Å². The number of carbonyl (C=O) groups excluding carboxylic acids is 2. The van der Waals surface area contributed by atoms with Gasteiger partial charge in [0, 0.05) is 35.3 Å². The second-order valence-corrected chi connectivity index (χ2v) is 7.50. The Morgan fingerprint density at radius 2 is 1.52 bits per heavy atom. The number of H-pyrrole nitrogens is 1. The molecule has 0 atom stereocenters. The van der Waals surface area contributed by atoms with Crippen molar-refractivity contribution >= 4 is 23.4 Å². The highest BCUT2D eigenvalue weighted by molar-refractivity contribution is 6.30. The minimum Gasteiger partial charge on any atom is -0.370 e. The molecule has 5 nitrogen and oxygen atoms in total. The van der Waals surface area contributed by atoms with Gasteiger partial charge < -0.3 is 16.0 Å². The van der Waals surface area contributed by atoms with Crippen molar-refractivity contribution < 1.29 is 14.0 Å². The van der Waals surface area contributed by atoms with Crippen LogP contribution in [0.3, 0.4) is 0 Å². The molecule has 0 aliphatic rings. The van der Waals surface area contributed by atoms with Gasteiger partial charge in [-0.05, 0) is 23.8 Å². The van der Waals surface area contributed by atoms with Crippen LogP contribution < -0.4 is 11.1 Å². The maximum Gasteiger partial charge on any atom is 0.253 e. The largest absolute Gasteiger partial charge is 0.370 e. The molecule has 168 valence electrons. The number of carbonyl (C=O) groups is 2. The first-order valence-corrected chi connectivity index (χ1v) is 10.6. The van der Waals surface area contributed by atoms with E-state index < -0.39 is 17.6 Å². The molecule has 2 amide bonds. The summed E-state index contributed by atoms with van der Waals surface area (Å²) in [5, 5.41) is 3.44. The van der Waals surface area contributed by atoms with E-state index in [1.54, 1.807) is 24.4 Å². The molecule has 0 saturated heterocycles. The second-order valence-electron chi connectivity index (χ2n) is 7.07. The van der Waals surface area contributed by atoms with Crippen molar-refractivity contribution in [2.24, 2.45) is 5.73 Å². The Labute approximate surface area is 196 Å². The summed E-state index contributed by atoms with van der Waals surface area (Å²) in [6.45, 7) is 0.122. The van der Waals surface area contributed by atoms with Gasteiger partial charge in [-0.1, -0.05) is 78.3 Å². The van der Waals surface area contributed by atoms with Crippen LogP contribution in [0.1, 0.15) is 16.8 Å². The summed E-state index contributed by atoms with van der Waals surface area (Å²) in [5.74, 6) is -1.32. The smallest absolute Gasteiger partial charge is 0.253 e. The lowest BCUT2D eigenvalue weighted by Gasteiger charge is -2.10. The van der Waals surface area contributed by atoms with Crippen LogP contribution >= 0.6 is 11.6 Å². The van der Waals surface area contributed by atoms with Crippen molar-refractivity contribution in [2.45, 2.75) is 6.42 Å². The molecule has 4 rings (SSSR count). The second kappa shape index (κ2) is 11.6. The number of primary amides is 1. The Morgan fingerprint density at radius 3 is 2.09 bits per heavy atom. The molecule has 0 aliphatic carbocycles. The molecule has 1 heterocycles. The minimum absolute atomic E-state index is 0.0384. The van der Waals surface area contributed by atoms with E-state index in [4.69, 9.17) is 17.3 Å². The lowest BCUT2D eigenvalue weighted by Crippen LogP contribution is -2.28. The molecule has 0 fully saturated rings. The van der Waals surface area contributed by atoms with Gasteiger partial charge in [0.1, 0.15) is 5.82 Å². The number of hydrogen-bond donors (Lipinski definition) is 3. The number of amides is 2. The van der Waals surface area contributed by atoms with Crippen molar-refractivity contribution in [1.82, 2.24) is 10.3 Å². The summed E-state index contributed by atoms with van der Waals surface area (Å²) in [5.41, 5.74) is 7.68. The molecule has 1 aromatic heterocycles. The Hall–Kier alpha value is -3.90. The summed E-state index contributed by atoms with van der Waals surface area (Å²) >= 11 is 5.54. The van der Waals surface area contributed by atoms with Crippen molar-refractivity contribution in [1.29, 1.82) is 0 Å². The van der Waals surface area contributed by atoms with Gasteiger partial charge in [0.05, 0.1) is 11.3 Å². The Balaban J connectivity index is 0.000000374. The van der Waals surface area contributed by atoms with Crippen LogP contribution in [0.2, 0.25) is 5.02 Å². The molecule has 7 heteroatoms. The van der Waals surface area contributed by atoms with Crippen LogP contribution in [0.25, 0.3) is 22.4 Å². The van der Waals surface area contributed by atoms with Gasteiger partial charge >= 0.3 is 0 Å². The van der Waals surface area contributed by atoms with Crippen LogP contribution in [0.5, 0.6) is 0 Å². The molecular weight excluding hydrogens is 441 g/mol. The van der Waals surface area contributed by atoms with E-state index in [1.165, 1.54) is 6.07 Å². The zero-order chi connectivity index (χ0) is 23.6. The van der Waals surface area contributed by atoms with Crippen LogP contribution in [0.15, 0.2) is 91.1 Å². The molecule has 3 aromatic carbocycles. The number of aromatic amines is 1. The van der Waals surface area contributed by atoms with Crippen LogP contribution in [-0.2, 0) is 4.79 Å². The third-order valence-electron chi connectivity index (χ3n) is 4.72. The normalized spacial score (nSPS) is 10.1. The number of rotatable bonds is 6. The average Bonchev–Trinajstić information content (AvgIpc) is 3.26. The van der Waals surface area contributed by atoms with Crippen molar-refractivity contribution in [3.8, 4) is 22.4 Å². The number of nitrogens with one attached hydrogen (secondary N) is 2. The van der Waals surface area contributed by atoms with E-state index in [2.05, 4.69) is 10.3 Å². The van der Waals surface area contributed by atoms with Gasteiger partial charge in [-0.3, -0.25) is 9.59 Å². The van der Waals surface area contributed by atoms with E-state index in [0.717, 1.165) is 10.6 Å². The number of benzene rings is 3. The molecule has 4 N–H and O–H groups in total. The summed E-state index contributed by atoms with van der Waals surface area (Å²) in [6, 6.07) is 25.1. The molecule has 0 unspecified atom stereocenters. The first-order chi connectivity index (χ1) is 16.0. The lowest BCUT2D eigenvalue weighted by molar-refractivity contribution is -0.117. The first kappa shape index (κ1) is 23.8. The third-order valence-corrected chi connectivity index (χ3v) is 4.97. The SMILES string of the molecule is Clc1ccccc1.NC(=O)CCNC(=O)c1c[nH]c(-c2ccccc2)c1-c1ccccc1F. The molecule has 33 heavy (non-hydrogen) atoms. The zero-order valence-corrected chi connectivity index (χ0v) is 18.5. The summed E-state index contributed by atoms with van der Waals surface area (Å²) in [7, 11) is 0. The van der Waals surface area contributed by atoms with E-state index >= 15 is 0 Å². The third kappa shape index (κ3) is 6.54. The van der Waals surface area contributed by atoms with E-state index in [9.17, 15) is 14.0 Å². The molecule has 0 aliphatic heterocycles.